The second kappa shape index (κ2) is 8.18. The van der Waals surface area contributed by atoms with E-state index in [0.29, 0.717) is 27.8 Å². The van der Waals surface area contributed by atoms with E-state index in [1.54, 1.807) is 23.5 Å². The van der Waals surface area contributed by atoms with Crippen molar-refractivity contribution in [3.05, 3.63) is 45.5 Å². The van der Waals surface area contributed by atoms with Crippen LogP contribution in [0, 0.1) is 0 Å². The van der Waals surface area contributed by atoms with Crippen molar-refractivity contribution < 1.29 is 4.79 Å². The highest BCUT2D eigenvalue weighted by Gasteiger charge is 2.16. The third-order valence-corrected chi connectivity index (χ3v) is 5.52. The van der Waals surface area contributed by atoms with Crippen LogP contribution in [-0.4, -0.2) is 25.7 Å². The Labute approximate surface area is 162 Å². The van der Waals surface area contributed by atoms with Gasteiger partial charge in [-0.05, 0) is 29.1 Å². The summed E-state index contributed by atoms with van der Waals surface area (Å²) in [7, 11) is 0. The molecule has 3 rings (SSSR count). The van der Waals surface area contributed by atoms with Crippen LogP contribution in [0.1, 0.15) is 12.0 Å². The van der Waals surface area contributed by atoms with Crippen LogP contribution >= 0.6 is 46.3 Å². The second-order valence-electron chi connectivity index (χ2n) is 5.06. The average Bonchev–Trinajstić information content (AvgIpc) is 3.19. The summed E-state index contributed by atoms with van der Waals surface area (Å²) >= 11 is 14.9. The standard InChI is InChI=1S/C15H13Cl2N5OS2/c16-11-6-9(7-12(17)19-11)8-25-15-21-20-14(10-2-1-5-24-10)22(15)4-3-13(18)23/h1-2,5-7H,3-4,8H2,(H2,18,23). The van der Waals surface area contributed by atoms with E-state index in [1.165, 1.54) is 11.8 Å². The van der Waals surface area contributed by atoms with Crippen molar-refractivity contribution in [3.8, 4) is 10.7 Å². The quantitative estimate of drug-likeness (QED) is 0.468. The van der Waals surface area contributed by atoms with Crippen LogP contribution in [0.5, 0.6) is 0 Å². The van der Waals surface area contributed by atoms with Gasteiger partial charge in [-0.25, -0.2) is 4.98 Å². The van der Waals surface area contributed by atoms with Gasteiger partial charge >= 0.3 is 0 Å². The number of hydrogen-bond acceptors (Lipinski definition) is 6. The fraction of sp³-hybridized carbons (Fsp3) is 0.200. The molecule has 0 aromatic carbocycles. The van der Waals surface area contributed by atoms with Crippen molar-refractivity contribution in [2.24, 2.45) is 5.73 Å². The van der Waals surface area contributed by atoms with Gasteiger partial charge in [0.2, 0.25) is 5.91 Å². The molecular weight excluding hydrogens is 401 g/mol. The van der Waals surface area contributed by atoms with E-state index >= 15 is 0 Å². The zero-order chi connectivity index (χ0) is 17.8. The summed E-state index contributed by atoms with van der Waals surface area (Å²) in [6.07, 6.45) is 0.219. The van der Waals surface area contributed by atoms with Crippen LogP contribution < -0.4 is 5.73 Å². The zero-order valence-corrected chi connectivity index (χ0v) is 16.0. The molecule has 2 N–H and O–H groups in total. The van der Waals surface area contributed by atoms with Crippen LogP contribution in [0.3, 0.4) is 0 Å². The van der Waals surface area contributed by atoms with E-state index < -0.39 is 0 Å². The number of nitrogens with two attached hydrogens (primary N) is 1. The van der Waals surface area contributed by atoms with Gasteiger partial charge in [0.1, 0.15) is 10.3 Å². The number of rotatable bonds is 7. The fourth-order valence-electron chi connectivity index (χ4n) is 2.15. The molecule has 0 saturated heterocycles. The van der Waals surface area contributed by atoms with Crippen molar-refractivity contribution in [2.45, 2.75) is 23.9 Å². The molecule has 0 aliphatic heterocycles. The Morgan fingerprint density at radius 1 is 1.28 bits per heavy atom. The van der Waals surface area contributed by atoms with Gasteiger partial charge in [0.05, 0.1) is 4.88 Å². The summed E-state index contributed by atoms with van der Waals surface area (Å²) in [4.78, 5) is 16.1. The molecular formula is C15H13Cl2N5OS2. The van der Waals surface area contributed by atoms with Crippen LogP contribution in [0.2, 0.25) is 10.3 Å². The summed E-state index contributed by atoms with van der Waals surface area (Å²) in [5.74, 6) is 0.959. The Morgan fingerprint density at radius 2 is 2.04 bits per heavy atom. The molecule has 3 heterocycles. The molecule has 0 aliphatic carbocycles. The minimum Gasteiger partial charge on any atom is -0.370 e. The van der Waals surface area contributed by atoms with Gasteiger partial charge in [0, 0.05) is 18.7 Å². The molecule has 0 saturated carbocycles. The largest absolute Gasteiger partial charge is 0.370 e. The number of primary amides is 1. The third-order valence-electron chi connectivity index (χ3n) is 3.23. The van der Waals surface area contributed by atoms with Gasteiger partial charge in [-0.15, -0.1) is 21.5 Å². The van der Waals surface area contributed by atoms with Gasteiger partial charge in [0.15, 0.2) is 11.0 Å². The van der Waals surface area contributed by atoms with Crippen LogP contribution in [0.25, 0.3) is 10.7 Å². The van der Waals surface area contributed by atoms with Crippen molar-refractivity contribution in [3.63, 3.8) is 0 Å². The number of carbonyl (C=O) groups excluding carboxylic acids is 1. The predicted octanol–water partition coefficient (Wildman–Crippen LogP) is 3.88. The molecule has 6 nitrogen and oxygen atoms in total. The third kappa shape index (κ3) is 4.72. The maximum Gasteiger partial charge on any atom is 0.219 e. The molecule has 0 radical (unpaired) electrons. The maximum absolute atomic E-state index is 11.2. The first-order valence-corrected chi connectivity index (χ1v) is 9.85. The highest BCUT2D eigenvalue weighted by Crippen LogP contribution is 2.29. The summed E-state index contributed by atoms with van der Waals surface area (Å²) < 4.78 is 1.91. The Morgan fingerprint density at radius 3 is 2.68 bits per heavy atom. The molecule has 0 fully saturated rings. The number of nitrogens with zero attached hydrogens (tertiary/aromatic N) is 4. The van der Waals surface area contributed by atoms with Crippen LogP contribution in [0.4, 0.5) is 0 Å². The molecule has 10 heteroatoms. The van der Waals surface area contributed by atoms with E-state index in [4.69, 9.17) is 28.9 Å². The van der Waals surface area contributed by atoms with Gasteiger partial charge in [-0.1, -0.05) is 41.0 Å². The first kappa shape index (κ1) is 18.2. The summed E-state index contributed by atoms with van der Waals surface area (Å²) in [5.41, 5.74) is 6.22. The lowest BCUT2D eigenvalue weighted by molar-refractivity contribution is -0.118. The molecule has 0 bridgehead atoms. The molecule has 0 unspecified atom stereocenters. The number of carbonyl (C=O) groups is 1. The number of thioether (sulfide) groups is 1. The first-order valence-electron chi connectivity index (χ1n) is 7.23. The summed E-state index contributed by atoms with van der Waals surface area (Å²) in [6.45, 7) is 0.426. The average molecular weight is 414 g/mol. The number of amides is 1. The lowest BCUT2D eigenvalue weighted by Gasteiger charge is -2.08. The first-order chi connectivity index (χ1) is 12.0. The van der Waals surface area contributed by atoms with Crippen LogP contribution in [0.15, 0.2) is 34.8 Å². The Balaban J connectivity index is 1.83. The van der Waals surface area contributed by atoms with E-state index in [-0.39, 0.29) is 12.3 Å². The fourth-order valence-corrected chi connectivity index (χ4v) is 4.27. The maximum atomic E-state index is 11.2. The molecule has 130 valence electrons. The number of pyridine rings is 1. The molecule has 3 aromatic rings. The lowest BCUT2D eigenvalue weighted by atomic mass is 10.3. The Hall–Kier alpha value is -1.61. The number of thiophene rings is 1. The van der Waals surface area contributed by atoms with Crippen LogP contribution in [-0.2, 0) is 17.1 Å². The molecule has 25 heavy (non-hydrogen) atoms. The van der Waals surface area contributed by atoms with Crippen molar-refractivity contribution in [1.29, 1.82) is 0 Å². The molecule has 0 atom stereocenters. The van der Waals surface area contributed by atoms with E-state index in [9.17, 15) is 4.79 Å². The van der Waals surface area contributed by atoms with Crippen molar-refractivity contribution in [1.82, 2.24) is 19.7 Å². The summed E-state index contributed by atoms with van der Waals surface area (Å²) in [5, 5.41) is 11.9. The Kier molecular flexibility index (Phi) is 5.95. The van der Waals surface area contributed by atoms with Gasteiger partial charge in [-0.3, -0.25) is 4.79 Å². The van der Waals surface area contributed by atoms with E-state index in [0.717, 1.165) is 16.3 Å². The van der Waals surface area contributed by atoms with E-state index in [1.807, 2.05) is 22.1 Å². The van der Waals surface area contributed by atoms with Crippen molar-refractivity contribution >= 4 is 52.2 Å². The highest BCUT2D eigenvalue weighted by atomic mass is 35.5. The van der Waals surface area contributed by atoms with Gasteiger partial charge in [-0.2, -0.15) is 0 Å². The Bertz CT molecular complexity index is 862. The van der Waals surface area contributed by atoms with Gasteiger partial charge in [0.25, 0.3) is 0 Å². The topological polar surface area (TPSA) is 86.7 Å². The lowest BCUT2D eigenvalue weighted by Crippen LogP contribution is -2.14. The summed E-state index contributed by atoms with van der Waals surface area (Å²) in [6, 6.07) is 7.42. The SMILES string of the molecule is NC(=O)CCn1c(SCc2cc(Cl)nc(Cl)c2)nnc1-c1cccs1. The molecule has 3 aromatic heterocycles. The number of halogens is 2. The molecule has 1 amide bonds. The van der Waals surface area contributed by atoms with Crippen molar-refractivity contribution in [2.75, 3.05) is 0 Å². The van der Waals surface area contributed by atoms with Gasteiger partial charge < -0.3 is 10.3 Å². The minimum absolute atomic E-state index is 0.219. The predicted molar refractivity (Wildman–Crippen MR) is 101 cm³/mol. The number of aromatic nitrogens is 4. The second-order valence-corrected chi connectivity index (χ2v) is 7.73. The smallest absolute Gasteiger partial charge is 0.219 e. The zero-order valence-electron chi connectivity index (χ0n) is 12.9. The number of hydrogen-bond donors (Lipinski definition) is 1. The molecule has 0 aliphatic rings. The monoisotopic (exact) mass is 413 g/mol. The highest BCUT2D eigenvalue weighted by molar-refractivity contribution is 7.98. The molecule has 0 spiro atoms. The minimum atomic E-state index is -0.366. The normalized spacial score (nSPS) is 11.0. The van der Waals surface area contributed by atoms with E-state index in [2.05, 4.69) is 15.2 Å².